The van der Waals surface area contributed by atoms with E-state index in [1.54, 1.807) is 13.3 Å². The van der Waals surface area contributed by atoms with E-state index in [2.05, 4.69) is 15.6 Å². The van der Waals surface area contributed by atoms with Crippen LogP contribution in [0.1, 0.15) is 12.8 Å². The summed E-state index contributed by atoms with van der Waals surface area (Å²) in [6.07, 6.45) is 3.25. The van der Waals surface area contributed by atoms with Crippen LogP contribution in [0.5, 0.6) is 5.88 Å². The number of carbonyl (C=O) groups excluding carboxylic acids is 1. The highest BCUT2D eigenvalue weighted by molar-refractivity contribution is 5.96. The van der Waals surface area contributed by atoms with E-state index in [9.17, 15) is 4.79 Å². The number of hydrogen-bond donors (Lipinski definition) is 2. The van der Waals surface area contributed by atoms with Gasteiger partial charge in [0.25, 0.3) is 0 Å². The largest absolute Gasteiger partial charge is 0.479 e. The average Bonchev–Trinajstić information content (AvgIpc) is 2.91. The number of carbonyl (C=O) groups is 1. The monoisotopic (exact) mass is 278 g/mol. The average molecular weight is 278 g/mol. The van der Waals surface area contributed by atoms with Crippen molar-refractivity contribution in [2.75, 3.05) is 44.5 Å². The van der Waals surface area contributed by atoms with Crippen LogP contribution in [0.3, 0.4) is 0 Å². The number of anilines is 2. The number of ether oxygens (including phenoxy) is 1. The number of nitrogens with zero attached hydrogens (tertiary/aromatic N) is 2. The van der Waals surface area contributed by atoms with E-state index in [1.807, 2.05) is 25.1 Å². The molecule has 0 radical (unpaired) electrons. The number of methoxy groups -OCH3 is 1. The molecule has 0 bridgehead atoms. The van der Waals surface area contributed by atoms with Crippen LogP contribution in [0.25, 0.3) is 0 Å². The fraction of sp³-hybridized carbons (Fsp3) is 0.571. The van der Waals surface area contributed by atoms with Gasteiger partial charge in [-0.3, -0.25) is 4.79 Å². The van der Waals surface area contributed by atoms with Gasteiger partial charge >= 0.3 is 0 Å². The first kappa shape index (κ1) is 14.6. The Morgan fingerprint density at radius 1 is 1.60 bits per heavy atom. The predicted molar refractivity (Wildman–Crippen MR) is 79.3 cm³/mol. The maximum atomic E-state index is 12.2. The van der Waals surface area contributed by atoms with Crippen LogP contribution in [0.2, 0.25) is 0 Å². The molecule has 20 heavy (non-hydrogen) atoms. The smallest absolute Gasteiger partial charge is 0.239 e. The Hall–Kier alpha value is -1.82. The van der Waals surface area contributed by atoms with Gasteiger partial charge < -0.3 is 20.3 Å². The zero-order chi connectivity index (χ0) is 14.5. The molecule has 1 aromatic heterocycles. The molecule has 1 fully saturated rings. The second-order valence-corrected chi connectivity index (χ2v) is 5.22. The van der Waals surface area contributed by atoms with Crippen molar-refractivity contribution in [3.8, 4) is 5.88 Å². The van der Waals surface area contributed by atoms with E-state index >= 15 is 0 Å². The Morgan fingerprint density at radius 3 is 3.00 bits per heavy atom. The van der Waals surface area contributed by atoms with E-state index in [-0.39, 0.29) is 5.91 Å². The summed E-state index contributed by atoms with van der Waals surface area (Å²) < 4.78 is 5.24. The lowest BCUT2D eigenvalue weighted by atomic mass is 10.0. The Balaban J connectivity index is 2.12. The van der Waals surface area contributed by atoms with Crippen LogP contribution in [-0.2, 0) is 4.79 Å². The molecule has 1 aliphatic heterocycles. The quantitative estimate of drug-likeness (QED) is 0.844. The van der Waals surface area contributed by atoms with Gasteiger partial charge in [-0.1, -0.05) is 0 Å². The standard InChI is InChI=1S/C14H22N4O2/c1-18(2)11-5-7-16-14(20-3)13(11)17-12(19)8-10-4-6-15-9-10/h5,7,10,15H,4,6,8-9H2,1-3H3,(H,17,19). The summed E-state index contributed by atoms with van der Waals surface area (Å²) in [6, 6.07) is 1.86. The van der Waals surface area contributed by atoms with Gasteiger partial charge in [0.1, 0.15) is 5.69 Å². The topological polar surface area (TPSA) is 66.5 Å². The summed E-state index contributed by atoms with van der Waals surface area (Å²) in [6.45, 7) is 1.91. The van der Waals surface area contributed by atoms with Gasteiger partial charge in [-0.25, -0.2) is 4.98 Å². The van der Waals surface area contributed by atoms with Crippen LogP contribution < -0.4 is 20.3 Å². The molecule has 110 valence electrons. The third-order valence-electron chi connectivity index (χ3n) is 3.47. The maximum absolute atomic E-state index is 12.2. The van der Waals surface area contributed by atoms with Crippen molar-refractivity contribution < 1.29 is 9.53 Å². The lowest BCUT2D eigenvalue weighted by Crippen LogP contribution is -2.21. The summed E-state index contributed by atoms with van der Waals surface area (Å²) in [5.41, 5.74) is 1.52. The summed E-state index contributed by atoms with van der Waals surface area (Å²) in [5.74, 6) is 0.864. The van der Waals surface area contributed by atoms with Gasteiger partial charge in [-0.2, -0.15) is 0 Å². The lowest BCUT2D eigenvalue weighted by Gasteiger charge is -2.19. The summed E-state index contributed by atoms with van der Waals surface area (Å²) in [5, 5.41) is 6.21. The second kappa shape index (κ2) is 6.56. The van der Waals surface area contributed by atoms with E-state index in [0.29, 0.717) is 23.9 Å². The first-order chi connectivity index (χ1) is 9.61. The third-order valence-corrected chi connectivity index (χ3v) is 3.47. The highest BCUT2D eigenvalue weighted by Gasteiger charge is 2.20. The molecule has 6 nitrogen and oxygen atoms in total. The number of aromatic nitrogens is 1. The summed E-state index contributed by atoms with van der Waals surface area (Å²) in [7, 11) is 5.40. The van der Waals surface area contributed by atoms with E-state index < -0.39 is 0 Å². The van der Waals surface area contributed by atoms with Crippen molar-refractivity contribution in [2.45, 2.75) is 12.8 Å². The van der Waals surface area contributed by atoms with Gasteiger partial charge in [0.15, 0.2) is 0 Å². The van der Waals surface area contributed by atoms with Crippen LogP contribution in [0, 0.1) is 5.92 Å². The number of pyridine rings is 1. The molecule has 0 spiro atoms. The Bertz CT molecular complexity index is 470. The summed E-state index contributed by atoms with van der Waals surface area (Å²) in [4.78, 5) is 18.2. The fourth-order valence-corrected chi connectivity index (χ4v) is 2.42. The first-order valence-corrected chi connectivity index (χ1v) is 6.82. The minimum Gasteiger partial charge on any atom is -0.479 e. The molecule has 1 aliphatic rings. The van der Waals surface area contributed by atoms with Gasteiger partial charge in [0.05, 0.1) is 12.8 Å². The van der Waals surface area contributed by atoms with Crippen molar-refractivity contribution >= 4 is 17.3 Å². The molecule has 1 saturated heterocycles. The van der Waals surface area contributed by atoms with Crippen molar-refractivity contribution in [1.29, 1.82) is 0 Å². The van der Waals surface area contributed by atoms with Crippen LogP contribution in [0.15, 0.2) is 12.3 Å². The third kappa shape index (κ3) is 3.39. The predicted octanol–water partition coefficient (Wildman–Crippen LogP) is 1.09. The van der Waals surface area contributed by atoms with Crippen LogP contribution >= 0.6 is 0 Å². The van der Waals surface area contributed by atoms with Crippen molar-refractivity contribution in [1.82, 2.24) is 10.3 Å². The molecule has 0 aromatic carbocycles. The van der Waals surface area contributed by atoms with Crippen LogP contribution in [0.4, 0.5) is 11.4 Å². The molecule has 0 aliphatic carbocycles. The van der Waals surface area contributed by atoms with Gasteiger partial charge in [0.2, 0.25) is 11.8 Å². The minimum absolute atomic E-state index is 0.00750. The van der Waals surface area contributed by atoms with Crippen LogP contribution in [-0.4, -0.2) is 45.2 Å². The molecule has 0 saturated carbocycles. The highest BCUT2D eigenvalue weighted by atomic mass is 16.5. The molecule has 2 N–H and O–H groups in total. The van der Waals surface area contributed by atoms with E-state index in [4.69, 9.17) is 4.74 Å². The second-order valence-electron chi connectivity index (χ2n) is 5.22. The van der Waals surface area contributed by atoms with E-state index in [0.717, 1.165) is 25.2 Å². The highest BCUT2D eigenvalue weighted by Crippen LogP contribution is 2.32. The van der Waals surface area contributed by atoms with E-state index in [1.165, 1.54) is 0 Å². The Morgan fingerprint density at radius 2 is 2.40 bits per heavy atom. The fourth-order valence-electron chi connectivity index (χ4n) is 2.42. The van der Waals surface area contributed by atoms with Gasteiger partial charge in [-0.05, 0) is 31.5 Å². The number of nitrogens with one attached hydrogen (secondary N) is 2. The van der Waals surface area contributed by atoms with Crippen molar-refractivity contribution in [3.63, 3.8) is 0 Å². The molecule has 1 amide bonds. The molecule has 1 unspecified atom stereocenters. The Labute approximate surface area is 119 Å². The molecule has 2 heterocycles. The van der Waals surface area contributed by atoms with Gasteiger partial charge in [-0.15, -0.1) is 0 Å². The number of amides is 1. The number of hydrogen-bond acceptors (Lipinski definition) is 5. The molecule has 6 heteroatoms. The maximum Gasteiger partial charge on any atom is 0.239 e. The van der Waals surface area contributed by atoms with Gasteiger partial charge in [0, 0.05) is 26.7 Å². The molecule has 1 atom stereocenters. The zero-order valence-electron chi connectivity index (χ0n) is 12.3. The zero-order valence-corrected chi connectivity index (χ0v) is 12.3. The SMILES string of the molecule is COc1nccc(N(C)C)c1NC(=O)CC1CCNC1. The molecular formula is C14H22N4O2. The first-order valence-electron chi connectivity index (χ1n) is 6.82. The number of rotatable bonds is 5. The molecular weight excluding hydrogens is 256 g/mol. The Kier molecular flexibility index (Phi) is 4.79. The normalized spacial score (nSPS) is 17.9. The molecule has 1 aromatic rings. The lowest BCUT2D eigenvalue weighted by molar-refractivity contribution is -0.117. The van der Waals surface area contributed by atoms with Crippen molar-refractivity contribution in [3.05, 3.63) is 12.3 Å². The molecule has 2 rings (SSSR count). The van der Waals surface area contributed by atoms with Crippen molar-refractivity contribution in [2.24, 2.45) is 5.92 Å². The summed E-state index contributed by atoms with van der Waals surface area (Å²) >= 11 is 0. The minimum atomic E-state index is 0.00750.